The van der Waals surface area contributed by atoms with Gasteiger partial charge in [-0.15, -0.1) is 0 Å². The highest BCUT2D eigenvalue weighted by molar-refractivity contribution is 7.97. The summed E-state index contributed by atoms with van der Waals surface area (Å²) in [7, 11) is 0. The minimum Gasteiger partial charge on any atom is -0.484 e. The van der Waals surface area contributed by atoms with Crippen LogP contribution in [-0.2, 0) is 16.3 Å². The van der Waals surface area contributed by atoms with Gasteiger partial charge in [-0.25, -0.2) is 5.43 Å². The first-order valence-electron chi connectivity index (χ1n) is 11.9. The van der Waals surface area contributed by atoms with Crippen LogP contribution in [0.5, 0.6) is 5.75 Å². The second-order valence-corrected chi connectivity index (χ2v) is 9.71. The molecule has 0 fully saturated rings. The van der Waals surface area contributed by atoms with Crippen LogP contribution in [-0.4, -0.2) is 24.6 Å². The molecule has 0 aromatic heterocycles. The number of amides is 2. The van der Waals surface area contributed by atoms with Crippen molar-refractivity contribution in [3.8, 4) is 5.75 Å². The molecule has 0 aliphatic carbocycles. The maximum atomic E-state index is 12.4. The fourth-order valence-corrected chi connectivity index (χ4v) is 4.55. The van der Waals surface area contributed by atoms with E-state index in [1.807, 2.05) is 42.1 Å². The lowest BCUT2D eigenvalue weighted by Crippen LogP contribution is -2.20. The number of nitrogens with one attached hydrogen (secondary N) is 2. The molecule has 0 unspecified atom stereocenters. The summed E-state index contributed by atoms with van der Waals surface area (Å²) >= 11 is 7.75. The molecule has 6 nitrogen and oxygen atoms in total. The van der Waals surface area contributed by atoms with Crippen LogP contribution in [0.15, 0.2) is 108 Å². The van der Waals surface area contributed by atoms with Gasteiger partial charge < -0.3 is 10.1 Å². The summed E-state index contributed by atoms with van der Waals surface area (Å²) in [5, 5.41) is 7.30. The molecule has 0 spiro atoms. The molecule has 4 rings (SSSR count). The summed E-state index contributed by atoms with van der Waals surface area (Å²) in [6.07, 6.45) is 1.54. The Morgan fingerprint density at radius 2 is 1.55 bits per heavy atom. The molecular formula is C30H26ClN3O3S. The van der Waals surface area contributed by atoms with Gasteiger partial charge in [-0.05, 0) is 71.3 Å². The van der Waals surface area contributed by atoms with Gasteiger partial charge in [0.15, 0.2) is 6.61 Å². The SMILES string of the molecule is O=C(COc1ccc(/C=N\NC(=O)c2ccc(CSCc3ccccc3)cc2)cc1)Nc1cccc(Cl)c1. The number of rotatable bonds is 11. The normalized spacial score (nSPS) is 10.8. The van der Waals surface area contributed by atoms with Crippen LogP contribution in [0.3, 0.4) is 0 Å². The van der Waals surface area contributed by atoms with Crippen molar-refractivity contribution < 1.29 is 14.3 Å². The Balaban J connectivity index is 1.18. The summed E-state index contributed by atoms with van der Waals surface area (Å²) in [4.78, 5) is 24.5. The van der Waals surface area contributed by atoms with E-state index in [9.17, 15) is 9.59 Å². The average Bonchev–Trinajstić information content (AvgIpc) is 2.93. The molecule has 38 heavy (non-hydrogen) atoms. The van der Waals surface area contributed by atoms with Crippen LogP contribution in [0.25, 0.3) is 0 Å². The maximum Gasteiger partial charge on any atom is 0.271 e. The van der Waals surface area contributed by atoms with Gasteiger partial charge in [0.05, 0.1) is 6.21 Å². The lowest BCUT2D eigenvalue weighted by atomic mass is 10.1. The van der Waals surface area contributed by atoms with Crippen molar-refractivity contribution >= 4 is 47.1 Å². The van der Waals surface area contributed by atoms with Gasteiger partial charge in [0.1, 0.15) is 5.75 Å². The number of thioether (sulfide) groups is 1. The molecule has 0 aliphatic rings. The molecule has 2 amide bonds. The number of anilines is 1. The van der Waals surface area contributed by atoms with E-state index >= 15 is 0 Å². The van der Waals surface area contributed by atoms with Gasteiger partial charge in [-0.1, -0.05) is 60.1 Å². The van der Waals surface area contributed by atoms with Crippen LogP contribution in [0.2, 0.25) is 5.02 Å². The Morgan fingerprint density at radius 1 is 0.842 bits per heavy atom. The Kier molecular flexibility index (Phi) is 9.96. The van der Waals surface area contributed by atoms with E-state index in [1.165, 1.54) is 5.56 Å². The molecule has 4 aromatic rings. The van der Waals surface area contributed by atoms with E-state index in [0.717, 1.165) is 22.6 Å². The third-order valence-corrected chi connectivity index (χ3v) is 6.64. The minimum atomic E-state index is -0.292. The summed E-state index contributed by atoms with van der Waals surface area (Å²) < 4.78 is 5.52. The quantitative estimate of drug-likeness (QED) is 0.166. The Bertz CT molecular complexity index is 1380. The van der Waals surface area contributed by atoms with Gasteiger partial charge in [0, 0.05) is 27.8 Å². The zero-order chi connectivity index (χ0) is 26.6. The van der Waals surface area contributed by atoms with Crippen LogP contribution in [0, 0.1) is 0 Å². The zero-order valence-electron chi connectivity index (χ0n) is 20.5. The number of hydrogen-bond acceptors (Lipinski definition) is 5. The Labute approximate surface area is 231 Å². The van der Waals surface area contributed by atoms with Gasteiger partial charge in [0.25, 0.3) is 11.8 Å². The first-order valence-corrected chi connectivity index (χ1v) is 13.4. The van der Waals surface area contributed by atoms with Gasteiger partial charge in [0.2, 0.25) is 0 Å². The first-order chi connectivity index (χ1) is 18.5. The molecular weight excluding hydrogens is 518 g/mol. The smallest absolute Gasteiger partial charge is 0.271 e. The average molecular weight is 544 g/mol. The molecule has 0 aliphatic heterocycles. The summed E-state index contributed by atoms with van der Waals surface area (Å²) in [5.41, 5.74) is 6.92. The van der Waals surface area contributed by atoms with E-state index < -0.39 is 0 Å². The molecule has 192 valence electrons. The highest BCUT2D eigenvalue weighted by atomic mass is 35.5. The molecule has 0 saturated heterocycles. The highest BCUT2D eigenvalue weighted by Gasteiger charge is 2.06. The number of carbonyl (C=O) groups is 2. The second-order valence-electron chi connectivity index (χ2n) is 8.29. The lowest BCUT2D eigenvalue weighted by molar-refractivity contribution is -0.118. The molecule has 8 heteroatoms. The third-order valence-electron chi connectivity index (χ3n) is 5.33. The van der Waals surface area contributed by atoms with Crippen LogP contribution in [0.4, 0.5) is 5.69 Å². The van der Waals surface area contributed by atoms with Gasteiger partial charge in [-0.3, -0.25) is 9.59 Å². The van der Waals surface area contributed by atoms with Gasteiger partial charge in [-0.2, -0.15) is 16.9 Å². The van der Waals surface area contributed by atoms with Crippen molar-refractivity contribution in [3.05, 3.63) is 130 Å². The number of carbonyl (C=O) groups excluding carboxylic acids is 2. The van der Waals surface area contributed by atoms with Crippen molar-refractivity contribution in [2.75, 3.05) is 11.9 Å². The zero-order valence-corrected chi connectivity index (χ0v) is 22.0. The predicted molar refractivity (Wildman–Crippen MR) is 155 cm³/mol. The molecule has 0 atom stereocenters. The van der Waals surface area contributed by atoms with Crippen LogP contribution >= 0.6 is 23.4 Å². The van der Waals surface area contributed by atoms with Crippen molar-refractivity contribution in [3.63, 3.8) is 0 Å². The predicted octanol–water partition coefficient (Wildman–Crippen LogP) is 6.55. The van der Waals surface area contributed by atoms with Crippen molar-refractivity contribution in [1.82, 2.24) is 5.43 Å². The van der Waals surface area contributed by atoms with Crippen molar-refractivity contribution in [1.29, 1.82) is 0 Å². The van der Waals surface area contributed by atoms with E-state index in [2.05, 4.69) is 28.0 Å². The molecule has 2 N–H and O–H groups in total. The van der Waals surface area contributed by atoms with Gasteiger partial charge >= 0.3 is 0 Å². The fraction of sp³-hybridized carbons (Fsp3) is 0.100. The van der Waals surface area contributed by atoms with Crippen molar-refractivity contribution in [2.45, 2.75) is 11.5 Å². The summed E-state index contributed by atoms with van der Waals surface area (Å²) in [5.74, 6) is 1.79. The second kappa shape index (κ2) is 14.0. The van der Waals surface area contributed by atoms with E-state index in [4.69, 9.17) is 16.3 Å². The largest absolute Gasteiger partial charge is 0.484 e. The molecule has 0 heterocycles. The van der Waals surface area contributed by atoms with E-state index in [1.54, 1.807) is 66.9 Å². The Hall–Kier alpha value is -4.07. The first kappa shape index (κ1) is 27.0. The summed E-state index contributed by atoms with van der Waals surface area (Å²) in [6.45, 7) is -0.138. The summed E-state index contributed by atoms with van der Waals surface area (Å²) in [6, 6.07) is 31.8. The highest BCUT2D eigenvalue weighted by Crippen LogP contribution is 2.18. The third kappa shape index (κ3) is 8.80. The number of hydrogen-bond donors (Lipinski definition) is 2. The number of hydrazone groups is 1. The van der Waals surface area contributed by atoms with E-state index in [0.29, 0.717) is 22.0 Å². The van der Waals surface area contributed by atoms with Crippen LogP contribution < -0.4 is 15.5 Å². The minimum absolute atomic E-state index is 0.138. The number of benzene rings is 4. The van der Waals surface area contributed by atoms with E-state index in [-0.39, 0.29) is 18.4 Å². The molecule has 4 aromatic carbocycles. The fourth-order valence-electron chi connectivity index (χ4n) is 3.41. The number of halogens is 1. The lowest BCUT2D eigenvalue weighted by Gasteiger charge is -2.08. The maximum absolute atomic E-state index is 12.4. The molecule has 0 bridgehead atoms. The topological polar surface area (TPSA) is 79.8 Å². The number of nitrogens with zero attached hydrogens (tertiary/aromatic N) is 1. The Morgan fingerprint density at radius 3 is 2.26 bits per heavy atom. The van der Waals surface area contributed by atoms with Crippen molar-refractivity contribution in [2.24, 2.45) is 5.10 Å². The molecule has 0 saturated carbocycles. The monoisotopic (exact) mass is 543 g/mol. The van der Waals surface area contributed by atoms with Crippen LogP contribution in [0.1, 0.15) is 27.0 Å². The standard InChI is InChI=1S/C30H26ClN3O3S/c31-26-7-4-8-27(17-26)33-29(35)19-37-28-15-11-22(12-16-28)18-32-34-30(36)25-13-9-24(10-14-25)21-38-20-23-5-2-1-3-6-23/h1-18H,19-21H2,(H,33,35)(H,34,36)/b32-18-. The number of ether oxygens (including phenoxy) is 1. The molecule has 0 radical (unpaired) electrons.